The van der Waals surface area contributed by atoms with Crippen molar-refractivity contribution in [3.8, 4) is 11.5 Å². The second-order valence-corrected chi connectivity index (χ2v) is 7.97. The van der Waals surface area contributed by atoms with Crippen LogP contribution in [0.15, 0.2) is 77.9 Å². The van der Waals surface area contributed by atoms with Crippen LogP contribution in [0.4, 0.5) is 0 Å². The molecule has 4 rings (SSSR count). The fourth-order valence-electron chi connectivity index (χ4n) is 3.63. The van der Waals surface area contributed by atoms with E-state index in [9.17, 15) is 4.79 Å². The van der Waals surface area contributed by atoms with E-state index in [-0.39, 0.29) is 5.91 Å². The van der Waals surface area contributed by atoms with Crippen LogP contribution in [-0.4, -0.2) is 50.4 Å². The van der Waals surface area contributed by atoms with Gasteiger partial charge >= 0.3 is 0 Å². The molecule has 0 atom stereocenters. The van der Waals surface area contributed by atoms with Crippen molar-refractivity contribution in [2.24, 2.45) is 5.10 Å². The number of rotatable bonds is 9. The molecule has 3 aromatic carbocycles. The molecule has 0 radical (unpaired) electrons. The van der Waals surface area contributed by atoms with Gasteiger partial charge in [-0.15, -0.1) is 0 Å². The van der Waals surface area contributed by atoms with Gasteiger partial charge in [0.2, 0.25) is 0 Å². The number of nitrogens with one attached hydrogen (secondary N) is 1. The molecule has 1 amide bonds. The lowest BCUT2D eigenvalue weighted by atomic mass is 10.1. The predicted molar refractivity (Wildman–Crippen MR) is 131 cm³/mol. The molecule has 0 aliphatic carbocycles. The predicted octanol–water partition coefficient (Wildman–Crippen LogP) is 3.87. The molecule has 1 heterocycles. The van der Waals surface area contributed by atoms with Crippen molar-refractivity contribution in [3.63, 3.8) is 0 Å². The molecule has 7 heteroatoms. The molecule has 0 saturated carbocycles. The van der Waals surface area contributed by atoms with Crippen LogP contribution in [-0.2, 0) is 17.9 Å². The first-order valence-corrected chi connectivity index (χ1v) is 11.3. The fraction of sp³-hybridized carbons (Fsp3) is 0.259. The zero-order valence-corrected chi connectivity index (χ0v) is 19.3. The van der Waals surface area contributed by atoms with Crippen molar-refractivity contribution in [3.05, 3.63) is 95.1 Å². The number of nitrogens with zero attached hydrogens (tertiary/aromatic N) is 2. The van der Waals surface area contributed by atoms with Crippen molar-refractivity contribution in [2.75, 3.05) is 33.4 Å². The second kappa shape index (κ2) is 12.0. The number of hydrazone groups is 1. The molecule has 1 N–H and O–H groups in total. The van der Waals surface area contributed by atoms with Crippen LogP contribution in [0.2, 0.25) is 0 Å². The van der Waals surface area contributed by atoms with Gasteiger partial charge in [0.05, 0.1) is 26.5 Å². The zero-order chi connectivity index (χ0) is 23.6. The molecule has 0 aromatic heterocycles. The van der Waals surface area contributed by atoms with Crippen molar-refractivity contribution >= 4 is 12.1 Å². The summed E-state index contributed by atoms with van der Waals surface area (Å²) >= 11 is 0. The Morgan fingerprint density at radius 3 is 2.50 bits per heavy atom. The summed E-state index contributed by atoms with van der Waals surface area (Å²) in [4.78, 5) is 14.8. The standard InChI is InChI=1S/C27H29N3O4/c1-32-26-17-23(9-12-25(26)34-20-22-5-3-2-4-6-22)18-28-29-27(31)24-10-7-21(8-11-24)19-30-13-15-33-16-14-30/h2-12,17-18H,13-16,19-20H2,1H3,(H,29,31)/b28-18+. The maximum absolute atomic E-state index is 12.4. The quantitative estimate of drug-likeness (QED) is 0.389. The largest absolute Gasteiger partial charge is 0.493 e. The maximum atomic E-state index is 12.4. The Morgan fingerprint density at radius 1 is 1.00 bits per heavy atom. The van der Waals surface area contributed by atoms with Gasteiger partial charge in [-0.25, -0.2) is 5.43 Å². The number of amides is 1. The van der Waals surface area contributed by atoms with E-state index >= 15 is 0 Å². The fourth-order valence-corrected chi connectivity index (χ4v) is 3.63. The Bertz CT molecular complexity index is 1090. The van der Waals surface area contributed by atoms with Gasteiger partial charge in [0, 0.05) is 25.2 Å². The summed E-state index contributed by atoms with van der Waals surface area (Å²) in [6.07, 6.45) is 1.58. The number of hydrogen-bond donors (Lipinski definition) is 1. The Morgan fingerprint density at radius 2 is 1.76 bits per heavy atom. The van der Waals surface area contributed by atoms with E-state index in [1.165, 1.54) is 5.56 Å². The Kier molecular flexibility index (Phi) is 8.27. The third-order valence-corrected chi connectivity index (χ3v) is 5.53. The van der Waals surface area contributed by atoms with E-state index in [4.69, 9.17) is 14.2 Å². The van der Waals surface area contributed by atoms with Gasteiger partial charge in [0.15, 0.2) is 11.5 Å². The normalized spacial score (nSPS) is 14.1. The molecule has 7 nitrogen and oxygen atoms in total. The highest BCUT2D eigenvalue weighted by Gasteiger charge is 2.11. The summed E-state index contributed by atoms with van der Waals surface area (Å²) in [5.41, 5.74) is 6.17. The van der Waals surface area contributed by atoms with Crippen LogP contribution in [0.25, 0.3) is 0 Å². The molecule has 1 aliphatic rings. The van der Waals surface area contributed by atoms with Gasteiger partial charge in [0.1, 0.15) is 6.61 Å². The van der Waals surface area contributed by atoms with Gasteiger partial charge in [-0.05, 0) is 47.0 Å². The molecule has 1 fully saturated rings. The molecular formula is C27H29N3O4. The first-order chi connectivity index (χ1) is 16.7. The Labute approximate surface area is 200 Å². The van der Waals surface area contributed by atoms with Crippen molar-refractivity contribution in [1.82, 2.24) is 10.3 Å². The number of morpholine rings is 1. The average molecular weight is 460 g/mol. The van der Waals surface area contributed by atoms with Gasteiger partial charge in [-0.2, -0.15) is 5.10 Å². The highest BCUT2D eigenvalue weighted by atomic mass is 16.5. The molecule has 0 bridgehead atoms. The summed E-state index contributed by atoms with van der Waals surface area (Å²) in [5.74, 6) is 0.982. The Balaban J connectivity index is 1.30. The van der Waals surface area contributed by atoms with E-state index < -0.39 is 0 Å². The van der Waals surface area contributed by atoms with Crippen LogP contribution >= 0.6 is 0 Å². The number of carbonyl (C=O) groups is 1. The number of methoxy groups -OCH3 is 1. The Hall–Kier alpha value is -3.68. The number of carbonyl (C=O) groups excluding carboxylic acids is 1. The summed E-state index contributed by atoms with van der Waals surface area (Å²) < 4.78 is 16.7. The van der Waals surface area contributed by atoms with Gasteiger partial charge in [0.25, 0.3) is 5.91 Å². The van der Waals surface area contributed by atoms with E-state index in [1.807, 2.05) is 72.8 Å². The molecule has 34 heavy (non-hydrogen) atoms. The lowest BCUT2D eigenvalue weighted by Crippen LogP contribution is -2.35. The van der Waals surface area contributed by atoms with Crippen molar-refractivity contribution in [1.29, 1.82) is 0 Å². The third-order valence-electron chi connectivity index (χ3n) is 5.53. The highest BCUT2D eigenvalue weighted by molar-refractivity contribution is 5.94. The molecule has 1 saturated heterocycles. The SMILES string of the molecule is COc1cc(/C=N/NC(=O)c2ccc(CN3CCOCC3)cc2)ccc1OCc1ccccc1. The van der Waals surface area contributed by atoms with Crippen LogP contribution in [0, 0.1) is 0 Å². The van der Waals surface area contributed by atoms with Crippen LogP contribution < -0.4 is 14.9 Å². The smallest absolute Gasteiger partial charge is 0.271 e. The minimum Gasteiger partial charge on any atom is -0.493 e. The summed E-state index contributed by atoms with van der Waals surface area (Å²) in [7, 11) is 1.59. The van der Waals surface area contributed by atoms with Crippen LogP contribution in [0.3, 0.4) is 0 Å². The first-order valence-electron chi connectivity index (χ1n) is 11.3. The number of ether oxygens (including phenoxy) is 3. The lowest BCUT2D eigenvalue weighted by molar-refractivity contribution is 0.0342. The van der Waals surface area contributed by atoms with Crippen LogP contribution in [0.5, 0.6) is 11.5 Å². The van der Waals surface area contributed by atoms with Gasteiger partial charge in [-0.1, -0.05) is 42.5 Å². The molecule has 0 unspecified atom stereocenters. The minimum absolute atomic E-state index is 0.260. The topological polar surface area (TPSA) is 72.4 Å². The third kappa shape index (κ3) is 6.66. The average Bonchev–Trinajstić information content (AvgIpc) is 2.89. The van der Waals surface area contributed by atoms with Crippen molar-refractivity contribution < 1.29 is 19.0 Å². The molecule has 176 valence electrons. The minimum atomic E-state index is -0.260. The van der Waals surface area contributed by atoms with E-state index in [2.05, 4.69) is 15.4 Å². The number of benzene rings is 3. The lowest BCUT2D eigenvalue weighted by Gasteiger charge is -2.26. The molecule has 3 aromatic rings. The summed E-state index contributed by atoms with van der Waals surface area (Å²) in [5, 5.41) is 4.09. The first kappa shape index (κ1) is 23.5. The van der Waals surface area contributed by atoms with E-state index in [0.717, 1.165) is 44.0 Å². The molecular weight excluding hydrogens is 430 g/mol. The van der Waals surface area contributed by atoms with Gasteiger partial charge in [-0.3, -0.25) is 9.69 Å². The monoisotopic (exact) mass is 459 g/mol. The summed E-state index contributed by atoms with van der Waals surface area (Å²) in [6, 6.07) is 23.0. The second-order valence-electron chi connectivity index (χ2n) is 7.97. The maximum Gasteiger partial charge on any atom is 0.271 e. The highest BCUT2D eigenvalue weighted by Crippen LogP contribution is 2.28. The number of hydrogen-bond acceptors (Lipinski definition) is 6. The zero-order valence-electron chi connectivity index (χ0n) is 19.3. The molecule has 1 aliphatic heterocycles. The summed E-state index contributed by atoms with van der Waals surface area (Å²) in [6.45, 7) is 4.72. The molecule has 0 spiro atoms. The van der Waals surface area contributed by atoms with Crippen LogP contribution in [0.1, 0.15) is 27.0 Å². The van der Waals surface area contributed by atoms with E-state index in [1.54, 1.807) is 13.3 Å². The van der Waals surface area contributed by atoms with Crippen molar-refractivity contribution in [2.45, 2.75) is 13.2 Å². The van der Waals surface area contributed by atoms with E-state index in [0.29, 0.717) is 23.7 Å². The van der Waals surface area contributed by atoms with Gasteiger partial charge < -0.3 is 14.2 Å².